The molecule has 1 aromatic carbocycles. The first-order valence-corrected chi connectivity index (χ1v) is 5.23. The fourth-order valence-corrected chi connectivity index (χ4v) is 1.65. The molecule has 1 rings (SSSR count). The fraction of sp³-hybridized carbons (Fsp3) is 0.333. The van der Waals surface area contributed by atoms with E-state index in [1.807, 2.05) is 0 Å². The van der Waals surface area contributed by atoms with E-state index < -0.39 is 24.3 Å². The summed E-state index contributed by atoms with van der Waals surface area (Å²) in [4.78, 5) is 11.1. The molecule has 0 saturated heterocycles. The van der Waals surface area contributed by atoms with Gasteiger partial charge >= 0.3 is 12.1 Å². The molecule has 0 atom stereocenters. The van der Waals surface area contributed by atoms with E-state index in [2.05, 4.69) is 4.74 Å². The van der Waals surface area contributed by atoms with Crippen molar-refractivity contribution in [3.05, 3.63) is 34.4 Å². The number of hydrogen-bond acceptors (Lipinski definition) is 4. The van der Waals surface area contributed by atoms with E-state index in [-0.39, 0.29) is 23.1 Å². The van der Waals surface area contributed by atoms with Gasteiger partial charge in [-0.05, 0) is 23.3 Å². The van der Waals surface area contributed by atoms with Gasteiger partial charge in [-0.2, -0.15) is 18.4 Å². The van der Waals surface area contributed by atoms with Crippen LogP contribution in [-0.4, -0.2) is 13.1 Å². The Labute approximate surface area is 107 Å². The molecule has 19 heavy (non-hydrogen) atoms. The van der Waals surface area contributed by atoms with Crippen molar-refractivity contribution in [3.8, 4) is 6.07 Å². The number of carbonyl (C=O) groups is 1. The third-order valence-corrected chi connectivity index (χ3v) is 2.52. The lowest BCUT2D eigenvalue weighted by Gasteiger charge is -2.15. The van der Waals surface area contributed by atoms with E-state index in [0.29, 0.717) is 0 Å². The number of ether oxygens (including phenoxy) is 1. The highest BCUT2D eigenvalue weighted by Gasteiger charge is 2.34. The topological polar surface area (TPSA) is 76.1 Å². The number of halogens is 3. The summed E-state index contributed by atoms with van der Waals surface area (Å²) in [6.45, 7) is -0.407. The van der Waals surface area contributed by atoms with Crippen molar-refractivity contribution in [2.75, 3.05) is 7.11 Å². The molecule has 0 saturated carbocycles. The first-order chi connectivity index (χ1) is 8.83. The summed E-state index contributed by atoms with van der Waals surface area (Å²) in [6, 6.07) is 3.69. The number of benzene rings is 1. The van der Waals surface area contributed by atoms with Crippen LogP contribution in [0, 0.1) is 11.3 Å². The number of carbonyl (C=O) groups excluding carboxylic acids is 1. The van der Waals surface area contributed by atoms with E-state index in [4.69, 9.17) is 11.0 Å². The van der Waals surface area contributed by atoms with Crippen molar-refractivity contribution < 1.29 is 22.7 Å². The number of alkyl halides is 3. The van der Waals surface area contributed by atoms with Crippen molar-refractivity contribution in [1.29, 1.82) is 5.26 Å². The zero-order valence-electron chi connectivity index (χ0n) is 10.0. The van der Waals surface area contributed by atoms with Crippen LogP contribution in [0.25, 0.3) is 0 Å². The molecule has 0 fully saturated rings. The van der Waals surface area contributed by atoms with Gasteiger partial charge in [0.2, 0.25) is 0 Å². The number of nitrogens with two attached hydrogens (primary N) is 1. The Morgan fingerprint density at radius 3 is 2.53 bits per heavy atom. The maximum Gasteiger partial charge on any atom is 0.416 e. The lowest BCUT2D eigenvalue weighted by molar-refractivity contribution is -0.140. The van der Waals surface area contributed by atoms with Crippen LogP contribution in [-0.2, 0) is 28.7 Å². The second-order valence-corrected chi connectivity index (χ2v) is 3.74. The van der Waals surface area contributed by atoms with Gasteiger partial charge < -0.3 is 10.5 Å². The fourth-order valence-electron chi connectivity index (χ4n) is 1.65. The summed E-state index contributed by atoms with van der Waals surface area (Å²) in [7, 11) is 1.13. The third kappa shape index (κ3) is 3.45. The zero-order valence-corrected chi connectivity index (χ0v) is 10.0. The summed E-state index contributed by atoms with van der Waals surface area (Å²) < 4.78 is 43.0. The predicted molar refractivity (Wildman–Crippen MR) is 59.8 cm³/mol. The maximum atomic E-state index is 12.9. The molecule has 0 spiro atoms. The Hall–Kier alpha value is -2.07. The summed E-state index contributed by atoms with van der Waals surface area (Å²) in [5.41, 5.74) is 3.87. The van der Waals surface area contributed by atoms with Crippen LogP contribution >= 0.6 is 0 Å². The minimum atomic E-state index is -4.63. The SMILES string of the molecule is COC(=O)Cc1cc(C#N)c(CN)c(C(F)(F)F)c1. The number of methoxy groups -OCH3 is 1. The van der Waals surface area contributed by atoms with E-state index in [1.54, 1.807) is 6.07 Å². The summed E-state index contributed by atoms with van der Waals surface area (Å²) in [5.74, 6) is -0.683. The van der Waals surface area contributed by atoms with Crippen LogP contribution in [0.5, 0.6) is 0 Å². The molecular weight excluding hydrogens is 261 g/mol. The largest absolute Gasteiger partial charge is 0.469 e. The van der Waals surface area contributed by atoms with Crippen LogP contribution in [0.4, 0.5) is 13.2 Å². The minimum Gasteiger partial charge on any atom is -0.469 e. The van der Waals surface area contributed by atoms with Gasteiger partial charge in [0.15, 0.2) is 0 Å². The Morgan fingerprint density at radius 1 is 1.47 bits per heavy atom. The molecule has 102 valence electrons. The van der Waals surface area contributed by atoms with E-state index in [1.165, 1.54) is 6.07 Å². The molecule has 4 nitrogen and oxygen atoms in total. The van der Waals surface area contributed by atoms with E-state index in [9.17, 15) is 18.0 Å². The molecule has 0 aliphatic carbocycles. The molecule has 0 unspecified atom stereocenters. The normalized spacial score (nSPS) is 10.9. The number of nitriles is 1. The molecular formula is C12H11F3N2O2. The molecule has 0 heterocycles. The van der Waals surface area contributed by atoms with Gasteiger partial charge in [0.05, 0.1) is 30.7 Å². The van der Waals surface area contributed by atoms with Crippen LogP contribution in [0.2, 0.25) is 0 Å². The van der Waals surface area contributed by atoms with Crippen molar-refractivity contribution in [3.63, 3.8) is 0 Å². The van der Waals surface area contributed by atoms with Gasteiger partial charge in [-0.25, -0.2) is 0 Å². The molecule has 0 aromatic heterocycles. The Bertz CT molecular complexity index is 533. The lowest BCUT2D eigenvalue weighted by atomic mass is 9.96. The number of esters is 1. The molecule has 0 amide bonds. The second-order valence-electron chi connectivity index (χ2n) is 3.74. The van der Waals surface area contributed by atoms with Crippen LogP contribution in [0.1, 0.15) is 22.3 Å². The Kier molecular flexibility index (Phi) is 4.51. The van der Waals surface area contributed by atoms with Crippen LogP contribution < -0.4 is 5.73 Å². The minimum absolute atomic E-state index is 0.0629. The predicted octanol–water partition coefficient (Wildman–Crippen LogP) is 1.75. The molecule has 7 heteroatoms. The summed E-state index contributed by atoms with van der Waals surface area (Å²) in [6.07, 6.45) is -4.97. The Morgan fingerprint density at radius 2 is 2.11 bits per heavy atom. The van der Waals surface area contributed by atoms with Gasteiger partial charge in [-0.1, -0.05) is 0 Å². The first kappa shape index (κ1) is 15.0. The first-order valence-electron chi connectivity index (χ1n) is 5.23. The van der Waals surface area contributed by atoms with Crippen molar-refractivity contribution in [2.45, 2.75) is 19.1 Å². The highest BCUT2D eigenvalue weighted by Crippen LogP contribution is 2.34. The molecule has 2 N–H and O–H groups in total. The smallest absolute Gasteiger partial charge is 0.416 e. The van der Waals surface area contributed by atoms with Crippen LogP contribution in [0.3, 0.4) is 0 Å². The van der Waals surface area contributed by atoms with Gasteiger partial charge in [0.25, 0.3) is 0 Å². The van der Waals surface area contributed by atoms with Gasteiger partial charge in [0, 0.05) is 6.54 Å². The van der Waals surface area contributed by atoms with Gasteiger partial charge in [-0.3, -0.25) is 4.79 Å². The van der Waals surface area contributed by atoms with Crippen molar-refractivity contribution in [1.82, 2.24) is 0 Å². The van der Waals surface area contributed by atoms with E-state index in [0.717, 1.165) is 13.2 Å². The average molecular weight is 272 g/mol. The zero-order chi connectivity index (χ0) is 14.6. The maximum absolute atomic E-state index is 12.9. The third-order valence-electron chi connectivity index (χ3n) is 2.52. The molecule has 0 radical (unpaired) electrons. The van der Waals surface area contributed by atoms with Crippen molar-refractivity contribution in [2.24, 2.45) is 5.73 Å². The number of nitrogens with zero attached hydrogens (tertiary/aromatic N) is 1. The van der Waals surface area contributed by atoms with Crippen molar-refractivity contribution >= 4 is 5.97 Å². The average Bonchev–Trinajstić information content (AvgIpc) is 2.36. The van der Waals surface area contributed by atoms with Gasteiger partial charge in [-0.15, -0.1) is 0 Å². The quantitative estimate of drug-likeness (QED) is 0.850. The highest BCUT2D eigenvalue weighted by atomic mass is 19.4. The molecule has 0 aliphatic heterocycles. The molecule has 1 aromatic rings. The summed E-state index contributed by atoms with van der Waals surface area (Å²) >= 11 is 0. The highest BCUT2D eigenvalue weighted by molar-refractivity contribution is 5.72. The standard InChI is InChI=1S/C12H11F3N2O2/c1-19-11(18)4-7-2-8(5-16)9(6-17)10(3-7)12(13,14)15/h2-3H,4,6,17H2,1H3. The Balaban J connectivity index is 3.40. The van der Waals surface area contributed by atoms with Crippen LogP contribution in [0.15, 0.2) is 12.1 Å². The lowest BCUT2D eigenvalue weighted by Crippen LogP contribution is -2.15. The molecule has 0 aliphatic rings. The van der Waals surface area contributed by atoms with Gasteiger partial charge in [0.1, 0.15) is 0 Å². The summed E-state index contributed by atoms with van der Waals surface area (Å²) in [5, 5.41) is 8.87. The second kappa shape index (κ2) is 5.71. The number of hydrogen-bond donors (Lipinski definition) is 1. The molecule has 0 bridgehead atoms. The monoisotopic (exact) mass is 272 g/mol. The number of rotatable bonds is 3. The van der Waals surface area contributed by atoms with E-state index >= 15 is 0 Å².